The zero-order chi connectivity index (χ0) is 11.5. The molecule has 0 aromatic carbocycles. The van der Waals surface area contributed by atoms with E-state index in [9.17, 15) is 4.79 Å². The summed E-state index contributed by atoms with van der Waals surface area (Å²) in [6.45, 7) is 3.29. The van der Waals surface area contributed by atoms with Crippen LogP contribution in [0.3, 0.4) is 0 Å². The van der Waals surface area contributed by atoms with E-state index in [2.05, 4.69) is 10.2 Å². The first-order chi connectivity index (χ1) is 7.70. The third kappa shape index (κ3) is 2.05. The molecule has 2 heterocycles. The van der Waals surface area contributed by atoms with Crippen LogP contribution in [-0.2, 0) is 17.7 Å². The van der Waals surface area contributed by atoms with Crippen LogP contribution in [0.4, 0.5) is 10.6 Å². The number of nitrogens with two attached hydrogens (primary N) is 1. The molecule has 1 amide bonds. The first kappa shape index (κ1) is 10.7. The minimum atomic E-state index is -0.288. The normalized spacial score (nSPS) is 14.4. The van der Waals surface area contributed by atoms with Gasteiger partial charge in [-0.25, -0.2) is 4.79 Å². The Kier molecular flexibility index (Phi) is 2.89. The molecule has 2 rings (SSSR count). The van der Waals surface area contributed by atoms with Crippen molar-refractivity contribution in [3.63, 3.8) is 0 Å². The van der Waals surface area contributed by atoms with Gasteiger partial charge in [0.25, 0.3) is 0 Å². The van der Waals surface area contributed by atoms with Crippen molar-refractivity contribution in [1.82, 2.24) is 15.1 Å². The highest BCUT2D eigenvalue weighted by atomic mass is 16.6. The summed E-state index contributed by atoms with van der Waals surface area (Å²) in [6, 6.07) is 1.76. The number of nitrogens with zero attached hydrogens (tertiary/aromatic N) is 3. The SMILES string of the molecule is CCOC(=O)N1CCc2nnc(N)cc2C1. The Morgan fingerprint density at radius 1 is 1.62 bits per heavy atom. The predicted octanol–water partition coefficient (Wildman–Crippen LogP) is 0.573. The number of amides is 1. The lowest BCUT2D eigenvalue weighted by molar-refractivity contribution is 0.102. The molecule has 16 heavy (non-hydrogen) atoms. The van der Waals surface area contributed by atoms with Gasteiger partial charge in [0.2, 0.25) is 0 Å². The van der Waals surface area contributed by atoms with Gasteiger partial charge in [-0.15, -0.1) is 5.10 Å². The number of rotatable bonds is 1. The number of fused-ring (bicyclic) bond motifs is 1. The second-order valence-corrected chi connectivity index (χ2v) is 3.61. The van der Waals surface area contributed by atoms with E-state index in [0.29, 0.717) is 31.9 Å². The van der Waals surface area contributed by atoms with E-state index in [1.54, 1.807) is 17.9 Å². The van der Waals surface area contributed by atoms with Crippen LogP contribution in [0.2, 0.25) is 0 Å². The fourth-order valence-electron chi connectivity index (χ4n) is 1.72. The summed E-state index contributed by atoms with van der Waals surface area (Å²) in [4.78, 5) is 13.2. The Hall–Kier alpha value is -1.85. The highest BCUT2D eigenvalue weighted by Gasteiger charge is 2.22. The molecule has 0 saturated carbocycles. The van der Waals surface area contributed by atoms with Gasteiger partial charge in [0, 0.05) is 13.0 Å². The molecule has 1 aliphatic rings. The van der Waals surface area contributed by atoms with E-state index in [-0.39, 0.29) is 6.09 Å². The predicted molar refractivity (Wildman–Crippen MR) is 57.6 cm³/mol. The fourth-order valence-corrected chi connectivity index (χ4v) is 1.72. The van der Waals surface area contributed by atoms with Crippen LogP contribution in [0.1, 0.15) is 18.2 Å². The molecule has 6 nitrogen and oxygen atoms in total. The Bertz CT molecular complexity index is 408. The molecule has 0 saturated heterocycles. The van der Waals surface area contributed by atoms with Gasteiger partial charge in [-0.1, -0.05) is 0 Å². The maximum atomic E-state index is 11.5. The number of aromatic nitrogens is 2. The molecule has 0 unspecified atom stereocenters. The summed E-state index contributed by atoms with van der Waals surface area (Å²) in [5, 5.41) is 7.80. The fraction of sp³-hybridized carbons (Fsp3) is 0.500. The topological polar surface area (TPSA) is 81.3 Å². The molecule has 1 aromatic heterocycles. The first-order valence-corrected chi connectivity index (χ1v) is 5.23. The highest BCUT2D eigenvalue weighted by molar-refractivity contribution is 5.68. The Morgan fingerprint density at radius 2 is 2.44 bits per heavy atom. The van der Waals surface area contributed by atoms with Crippen LogP contribution >= 0.6 is 0 Å². The van der Waals surface area contributed by atoms with Crippen LogP contribution in [0, 0.1) is 0 Å². The van der Waals surface area contributed by atoms with E-state index in [0.717, 1.165) is 11.3 Å². The van der Waals surface area contributed by atoms with Gasteiger partial charge >= 0.3 is 6.09 Å². The molecule has 6 heteroatoms. The summed E-state index contributed by atoms with van der Waals surface area (Å²) >= 11 is 0. The lowest BCUT2D eigenvalue weighted by Crippen LogP contribution is -2.36. The number of anilines is 1. The largest absolute Gasteiger partial charge is 0.450 e. The second-order valence-electron chi connectivity index (χ2n) is 3.61. The van der Waals surface area contributed by atoms with Gasteiger partial charge in [-0.3, -0.25) is 0 Å². The molecule has 0 atom stereocenters. The second kappa shape index (κ2) is 4.34. The lowest BCUT2D eigenvalue weighted by Gasteiger charge is -2.26. The van der Waals surface area contributed by atoms with Gasteiger partial charge in [-0.05, 0) is 18.6 Å². The Balaban J connectivity index is 2.13. The number of hydrogen-bond acceptors (Lipinski definition) is 5. The third-order valence-corrected chi connectivity index (χ3v) is 2.48. The van der Waals surface area contributed by atoms with E-state index < -0.39 is 0 Å². The molecule has 0 bridgehead atoms. The Morgan fingerprint density at radius 3 is 3.19 bits per heavy atom. The number of carbonyl (C=O) groups is 1. The molecule has 86 valence electrons. The lowest BCUT2D eigenvalue weighted by atomic mass is 10.1. The van der Waals surface area contributed by atoms with Gasteiger partial charge < -0.3 is 15.4 Å². The molecular weight excluding hydrogens is 208 g/mol. The summed E-state index contributed by atoms with van der Waals surface area (Å²) in [5.41, 5.74) is 7.42. The van der Waals surface area contributed by atoms with E-state index in [4.69, 9.17) is 10.5 Å². The van der Waals surface area contributed by atoms with Gasteiger partial charge in [0.15, 0.2) is 0 Å². The molecular formula is C10H14N4O2. The van der Waals surface area contributed by atoms with Crippen LogP contribution < -0.4 is 5.73 Å². The number of ether oxygens (including phenoxy) is 1. The Labute approximate surface area is 93.4 Å². The summed E-state index contributed by atoms with van der Waals surface area (Å²) < 4.78 is 4.95. The minimum Gasteiger partial charge on any atom is -0.450 e. The third-order valence-electron chi connectivity index (χ3n) is 2.48. The minimum absolute atomic E-state index is 0.288. The van der Waals surface area contributed by atoms with Crippen LogP contribution in [0.5, 0.6) is 0 Å². The summed E-state index contributed by atoms with van der Waals surface area (Å²) in [6.07, 6.45) is 0.407. The molecule has 1 aliphatic heterocycles. The standard InChI is InChI=1S/C10H14N4O2/c1-2-16-10(15)14-4-3-8-7(6-14)5-9(11)13-12-8/h5H,2-4,6H2,1H3,(H2,11,13). The zero-order valence-corrected chi connectivity index (χ0v) is 9.14. The number of nitrogen functional groups attached to an aromatic ring is 1. The van der Waals surface area contributed by atoms with Crippen LogP contribution in [0.25, 0.3) is 0 Å². The monoisotopic (exact) mass is 222 g/mol. The molecule has 0 aliphatic carbocycles. The van der Waals surface area contributed by atoms with Crippen molar-refractivity contribution in [3.8, 4) is 0 Å². The highest BCUT2D eigenvalue weighted by Crippen LogP contribution is 2.18. The van der Waals surface area contributed by atoms with Crippen molar-refractivity contribution >= 4 is 11.9 Å². The summed E-state index contributed by atoms with van der Waals surface area (Å²) in [7, 11) is 0. The number of hydrogen-bond donors (Lipinski definition) is 1. The molecule has 0 spiro atoms. The quantitative estimate of drug-likeness (QED) is 0.751. The zero-order valence-electron chi connectivity index (χ0n) is 9.14. The van der Waals surface area contributed by atoms with Crippen molar-refractivity contribution in [2.75, 3.05) is 18.9 Å². The van der Waals surface area contributed by atoms with Crippen molar-refractivity contribution in [2.24, 2.45) is 0 Å². The molecule has 0 radical (unpaired) electrons. The van der Waals surface area contributed by atoms with Crippen molar-refractivity contribution in [2.45, 2.75) is 19.9 Å². The van der Waals surface area contributed by atoms with E-state index >= 15 is 0 Å². The van der Waals surface area contributed by atoms with Gasteiger partial charge in [0.05, 0.1) is 18.8 Å². The first-order valence-electron chi connectivity index (χ1n) is 5.23. The average molecular weight is 222 g/mol. The molecule has 0 fully saturated rings. The average Bonchev–Trinajstić information content (AvgIpc) is 2.28. The van der Waals surface area contributed by atoms with Gasteiger partial charge in [0.1, 0.15) is 5.82 Å². The van der Waals surface area contributed by atoms with Crippen LogP contribution in [0.15, 0.2) is 6.07 Å². The smallest absolute Gasteiger partial charge is 0.410 e. The maximum absolute atomic E-state index is 11.5. The van der Waals surface area contributed by atoms with Crippen molar-refractivity contribution < 1.29 is 9.53 Å². The van der Waals surface area contributed by atoms with E-state index in [1.165, 1.54) is 0 Å². The van der Waals surface area contributed by atoms with E-state index in [1.807, 2.05) is 0 Å². The van der Waals surface area contributed by atoms with Crippen LogP contribution in [-0.4, -0.2) is 34.3 Å². The number of carbonyl (C=O) groups excluding carboxylic acids is 1. The molecule has 1 aromatic rings. The van der Waals surface area contributed by atoms with Crippen molar-refractivity contribution in [3.05, 3.63) is 17.3 Å². The van der Waals surface area contributed by atoms with Gasteiger partial charge in [-0.2, -0.15) is 5.10 Å². The molecule has 2 N–H and O–H groups in total. The van der Waals surface area contributed by atoms with Crippen molar-refractivity contribution in [1.29, 1.82) is 0 Å². The summed E-state index contributed by atoms with van der Waals surface area (Å²) in [5.74, 6) is 0.379. The maximum Gasteiger partial charge on any atom is 0.410 e.